The summed E-state index contributed by atoms with van der Waals surface area (Å²) in [5.41, 5.74) is 3.95. The van der Waals surface area contributed by atoms with E-state index in [4.69, 9.17) is 9.05 Å². The molecular formula is C24H29N3O5P+. The first-order chi connectivity index (χ1) is 15.9. The maximum atomic E-state index is 12.7. The first kappa shape index (κ1) is 23.2. The summed E-state index contributed by atoms with van der Waals surface area (Å²) < 4.78 is 24.4. The number of phenols is 1. The number of aromatic amines is 1. The fourth-order valence-electron chi connectivity index (χ4n) is 4.10. The van der Waals surface area contributed by atoms with Crippen molar-refractivity contribution in [3.05, 3.63) is 57.5 Å². The molecule has 0 radical (unpaired) electrons. The number of aromatic nitrogens is 3. The molecule has 1 unspecified atom stereocenters. The zero-order valence-corrected chi connectivity index (χ0v) is 20.0. The van der Waals surface area contributed by atoms with Crippen LogP contribution in [0.5, 0.6) is 11.5 Å². The molecule has 4 rings (SSSR count). The topological polar surface area (TPSA) is 106 Å². The largest absolute Gasteiger partial charge is 0.750 e. The minimum absolute atomic E-state index is 0.00231. The van der Waals surface area contributed by atoms with E-state index in [1.165, 1.54) is 21.8 Å². The van der Waals surface area contributed by atoms with E-state index in [0.29, 0.717) is 23.7 Å². The van der Waals surface area contributed by atoms with E-state index in [2.05, 4.69) is 10.2 Å². The van der Waals surface area contributed by atoms with Crippen LogP contribution in [0.4, 0.5) is 0 Å². The Balaban J connectivity index is 1.73. The highest BCUT2D eigenvalue weighted by atomic mass is 31.1. The predicted molar refractivity (Wildman–Crippen MR) is 126 cm³/mol. The number of nitrogens with zero attached hydrogens (tertiary/aromatic N) is 2. The standard InChI is InChI=1S/C24H28N3O5P/c1-4-5-11-31-33(30)32-22-14-21(28)20(13-19(22)15(2)3)23-25-26-24(29)27(23)18-10-9-16-7-6-8-17(16)12-18/h9-10,12-15H,4-8,11H2,1-3H3,(H-,25,26,28,29)/p+1. The second-order valence-electron chi connectivity index (χ2n) is 8.56. The number of rotatable bonds is 9. The number of fused-ring (bicyclic) bond motifs is 1. The van der Waals surface area contributed by atoms with Crippen molar-refractivity contribution in [3.63, 3.8) is 0 Å². The average molecular weight is 470 g/mol. The van der Waals surface area contributed by atoms with Gasteiger partial charge in [0.15, 0.2) is 11.6 Å². The van der Waals surface area contributed by atoms with E-state index in [9.17, 15) is 14.5 Å². The summed E-state index contributed by atoms with van der Waals surface area (Å²) in [5, 5.41) is 17.5. The Morgan fingerprint density at radius 2 is 2.00 bits per heavy atom. The molecule has 1 aliphatic rings. The van der Waals surface area contributed by atoms with Crippen molar-refractivity contribution in [3.8, 4) is 28.6 Å². The molecule has 9 heteroatoms. The van der Waals surface area contributed by atoms with Crippen LogP contribution in [0, 0.1) is 0 Å². The van der Waals surface area contributed by atoms with Gasteiger partial charge in [-0.1, -0.05) is 33.3 Å². The number of benzene rings is 2. The van der Waals surface area contributed by atoms with Gasteiger partial charge in [0.2, 0.25) is 0 Å². The zero-order valence-electron chi connectivity index (χ0n) is 19.1. The van der Waals surface area contributed by atoms with Crippen LogP contribution in [-0.4, -0.2) is 26.5 Å². The van der Waals surface area contributed by atoms with Crippen LogP contribution < -0.4 is 10.2 Å². The molecular weight excluding hydrogens is 441 g/mol. The summed E-state index contributed by atoms with van der Waals surface area (Å²) in [5.74, 6) is 0.448. The molecule has 8 nitrogen and oxygen atoms in total. The van der Waals surface area contributed by atoms with Crippen LogP contribution >= 0.6 is 8.25 Å². The highest BCUT2D eigenvalue weighted by Crippen LogP contribution is 2.41. The number of unbranched alkanes of at least 4 members (excludes halogenated alkanes) is 1. The molecule has 0 fully saturated rings. The van der Waals surface area contributed by atoms with Crippen LogP contribution in [0.2, 0.25) is 0 Å². The Kier molecular flexibility index (Phi) is 6.96. The molecule has 1 aliphatic carbocycles. The summed E-state index contributed by atoms with van der Waals surface area (Å²) in [6.45, 7) is 6.29. The molecule has 174 valence electrons. The first-order valence-corrected chi connectivity index (χ1v) is 12.4. The van der Waals surface area contributed by atoms with Gasteiger partial charge in [-0.2, -0.15) is 5.10 Å². The van der Waals surface area contributed by atoms with Crippen LogP contribution in [-0.2, 0) is 21.9 Å². The van der Waals surface area contributed by atoms with Crippen molar-refractivity contribution in [2.45, 2.75) is 58.8 Å². The van der Waals surface area contributed by atoms with E-state index in [0.717, 1.165) is 37.7 Å². The SMILES string of the molecule is CCCCO[P+](=O)Oc1cc(O)c(-c2n[nH]c(=O)n2-c2ccc3c(c2)CCC3)cc1C(C)C. The lowest BCUT2D eigenvalue weighted by Crippen LogP contribution is -2.16. The predicted octanol–water partition coefficient (Wildman–Crippen LogP) is 5.40. The molecule has 3 aromatic rings. The van der Waals surface area contributed by atoms with Crippen molar-refractivity contribution in [1.29, 1.82) is 0 Å². The third-order valence-corrected chi connectivity index (χ3v) is 6.61. The molecule has 2 N–H and O–H groups in total. The molecule has 1 aromatic heterocycles. The maximum Gasteiger partial charge on any atom is 0.750 e. The van der Waals surface area contributed by atoms with Gasteiger partial charge in [0.25, 0.3) is 0 Å². The van der Waals surface area contributed by atoms with E-state index >= 15 is 0 Å². The highest BCUT2D eigenvalue weighted by Gasteiger charge is 2.27. The number of nitrogens with one attached hydrogen (secondary N) is 1. The van der Waals surface area contributed by atoms with Crippen molar-refractivity contribution < 1.29 is 18.7 Å². The van der Waals surface area contributed by atoms with Gasteiger partial charge >= 0.3 is 13.9 Å². The Labute approximate surface area is 193 Å². The van der Waals surface area contributed by atoms with Crippen LogP contribution in [0.1, 0.15) is 62.6 Å². The molecule has 0 aliphatic heterocycles. The number of aryl methyl sites for hydroxylation is 2. The molecule has 0 bridgehead atoms. The quantitative estimate of drug-likeness (QED) is 0.320. The molecule has 1 heterocycles. The highest BCUT2D eigenvalue weighted by molar-refractivity contribution is 7.33. The minimum Gasteiger partial charge on any atom is -0.507 e. The van der Waals surface area contributed by atoms with Gasteiger partial charge in [0, 0.05) is 16.2 Å². The van der Waals surface area contributed by atoms with Crippen LogP contribution in [0.15, 0.2) is 35.1 Å². The molecule has 2 aromatic carbocycles. The monoisotopic (exact) mass is 470 g/mol. The smallest absolute Gasteiger partial charge is 0.507 e. The van der Waals surface area contributed by atoms with Gasteiger partial charge in [-0.05, 0) is 60.9 Å². The number of hydrogen-bond acceptors (Lipinski definition) is 6. The molecule has 1 atom stereocenters. The maximum absolute atomic E-state index is 12.7. The summed E-state index contributed by atoms with van der Waals surface area (Å²) in [7, 11) is -2.36. The summed E-state index contributed by atoms with van der Waals surface area (Å²) >= 11 is 0. The van der Waals surface area contributed by atoms with E-state index < -0.39 is 8.25 Å². The van der Waals surface area contributed by atoms with Crippen LogP contribution in [0.3, 0.4) is 0 Å². The summed E-state index contributed by atoms with van der Waals surface area (Å²) in [6.07, 6.45) is 4.85. The third-order valence-electron chi connectivity index (χ3n) is 5.87. The van der Waals surface area contributed by atoms with Gasteiger partial charge in [-0.15, -0.1) is 4.52 Å². The molecule has 33 heavy (non-hydrogen) atoms. The van der Waals surface area contributed by atoms with Crippen molar-refractivity contribution in [2.75, 3.05) is 6.61 Å². The third kappa shape index (κ3) is 4.87. The number of hydrogen-bond donors (Lipinski definition) is 2. The first-order valence-electron chi connectivity index (χ1n) is 11.3. The Morgan fingerprint density at radius 1 is 1.21 bits per heavy atom. The fraction of sp³-hybridized carbons (Fsp3) is 0.417. The van der Waals surface area contributed by atoms with Gasteiger partial charge in [-0.3, -0.25) is 0 Å². The second-order valence-corrected chi connectivity index (χ2v) is 9.45. The second kappa shape index (κ2) is 9.89. The van der Waals surface area contributed by atoms with Crippen molar-refractivity contribution in [1.82, 2.24) is 14.8 Å². The zero-order chi connectivity index (χ0) is 23.5. The Hall–Kier alpha value is -2.96. The van der Waals surface area contributed by atoms with Crippen LogP contribution in [0.25, 0.3) is 17.1 Å². The fourth-order valence-corrected chi connectivity index (χ4v) is 4.75. The number of aromatic hydroxyl groups is 1. The molecule has 0 amide bonds. The lowest BCUT2D eigenvalue weighted by Gasteiger charge is -2.13. The Bertz CT molecular complexity index is 1230. The van der Waals surface area contributed by atoms with Crippen molar-refractivity contribution in [2.24, 2.45) is 0 Å². The number of H-pyrrole nitrogens is 1. The minimum atomic E-state index is -2.36. The molecule has 0 spiro atoms. The van der Waals surface area contributed by atoms with E-state index in [1.54, 1.807) is 6.07 Å². The summed E-state index contributed by atoms with van der Waals surface area (Å²) in [6, 6.07) is 9.10. The van der Waals surface area contributed by atoms with Crippen molar-refractivity contribution >= 4 is 8.25 Å². The summed E-state index contributed by atoms with van der Waals surface area (Å²) in [4.78, 5) is 12.7. The molecule has 0 saturated heterocycles. The lowest BCUT2D eigenvalue weighted by atomic mass is 9.98. The van der Waals surface area contributed by atoms with Gasteiger partial charge < -0.3 is 5.11 Å². The molecule has 0 saturated carbocycles. The average Bonchev–Trinajstić information content (AvgIpc) is 3.39. The Morgan fingerprint density at radius 3 is 2.76 bits per heavy atom. The normalized spacial score (nSPS) is 13.4. The van der Waals surface area contributed by atoms with Gasteiger partial charge in [-0.25, -0.2) is 19.0 Å². The van der Waals surface area contributed by atoms with E-state index in [1.807, 2.05) is 39.0 Å². The van der Waals surface area contributed by atoms with Gasteiger partial charge in [0.05, 0.1) is 11.3 Å². The lowest BCUT2D eigenvalue weighted by molar-refractivity contribution is 0.280. The van der Waals surface area contributed by atoms with E-state index in [-0.39, 0.29) is 23.1 Å². The van der Waals surface area contributed by atoms with Gasteiger partial charge in [0.1, 0.15) is 12.4 Å². The number of phenolic OH excluding ortho intramolecular Hbond substituents is 1.